The van der Waals surface area contributed by atoms with Gasteiger partial charge in [-0.05, 0) is 61.8 Å². The van der Waals surface area contributed by atoms with Crippen LogP contribution in [0.4, 0.5) is 4.39 Å². The maximum atomic E-state index is 15.0. The Hall–Kier alpha value is -3.35. The number of carbonyl (C=O) groups excluding carboxylic acids is 1. The quantitative estimate of drug-likeness (QED) is 0.513. The van der Waals surface area contributed by atoms with Gasteiger partial charge in [0, 0.05) is 30.7 Å². The van der Waals surface area contributed by atoms with E-state index in [1.54, 1.807) is 36.8 Å². The minimum Gasteiger partial charge on any atom is -0.472 e. The van der Waals surface area contributed by atoms with Crippen LogP contribution in [0, 0.1) is 24.6 Å². The average Bonchev–Trinajstić information content (AvgIpc) is 3.38. The Kier molecular flexibility index (Phi) is 6.02. The van der Waals surface area contributed by atoms with Crippen molar-refractivity contribution >= 4 is 5.91 Å². The van der Waals surface area contributed by atoms with E-state index in [0.29, 0.717) is 23.3 Å². The molecule has 2 bridgehead atoms. The predicted molar refractivity (Wildman–Crippen MR) is 127 cm³/mol. The highest BCUT2D eigenvalue weighted by Crippen LogP contribution is 2.47. The number of hydrogen-bond acceptors (Lipinski definition) is 5. The fourth-order valence-corrected chi connectivity index (χ4v) is 5.49. The van der Waals surface area contributed by atoms with Crippen molar-refractivity contribution in [3.05, 3.63) is 71.9 Å². The van der Waals surface area contributed by atoms with E-state index >= 15 is 0 Å². The van der Waals surface area contributed by atoms with E-state index < -0.39 is 5.82 Å². The Bertz CT molecular complexity index is 1170. The van der Waals surface area contributed by atoms with Crippen molar-refractivity contribution in [1.82, 2.24) is 19.9 Å². The largest absolute Gasteiger partial charge is 0.472 e. The number of benzene rings is 1. The average molecular weight is 461 g/mol. The molecule has 5 rings (SSSR count). The number of amides is 1. The van der Waals surface area contributed by atoms with Gasteiger partial charge in [-0.2, -0.15) is 0 Å². The lowest BCUT2D eigenvalue weighted by Crippen LogP contribution is -2.52. The standard InChI is InChI=1S/C27H29FN4O2/c1-16(2)12-21-18-13-22(23(14-18)34-24-9-8-17(3)15-31-24)32(21)27(33)19-6-4-7-20(28)25(19)26-29-10-5-11-30-26/h4-11,15-16,18,21-23H,12-14H2,1-3H3. The summed E-state index contributed by atoms with van der Waals surface area (Å²) in [4.78, 5) is 28.8. The Morgan fingerprint density at radius 3 is 2.62 bits per heavy atom. The lowest BCUT2D eigenvalue weighted by Gasteiger charge is -2.40. The maximum Gasteiger partial charge on any atom is 0.255 e. The number of likely N-dealkylation sites (tertiary alicyclic amines) is 1. The first-order chi connectivity index (χ1) is 16.4. The van der Waals surface area contributed by atoms with Crippen molar-refractivity contribution in [2.75, 3.05) is 0 Å². The summed E-state index contributed by atoms with van der Waals surface area (Å²) < 4.78 is 21.3. The molecule has 0 N–H and O–H groups in total. The van der Waals surface area contributed by atoms with Crippen molar-refractivity contribution in [1.29, 1.82) is 0 Å². The van der Waals surface area contributed by atoms with Crippen LogP contribution in [-0.2, 0) is 0 Å². The zero-order valence-electron chi connectivity index (χ0n) is 19.7. The molecular weight excluding hydrogens is 431 g/mol. The second kappa shape index (κ2) is 9.12. The van der Waals surface area contributed by atoms with Crippen LogP contribution in [0.5, 0.6) is 5.88 Å². The van der Waals surface area contributed by atoms with Gasteiger partial charge in [-0.1, -0.05) is 26.0 Å². The zero-order valence-corrected chi connectivity index (χ0v) is 19.7. The SMILES string of the molecule is Cc1ccc(OC2CC3CC2N(C(=O)c2cccc(F)c2-c2ncccn2)C3CC(C)C)nc1. The Labute approximate surface area is 199 Å². The fourth-order valence-electron chi connectivity index (χ4n) is 5.49. The molecule has 4 unspecified atom stereocenters. The minimum atomic E-state index is -0.501. The Morgan fingerprint density at radius 1 is 1.12 bits per heavy atom. The third kappa shape index (κ3) is 4.15. The number of halogens is 1. The molecule has 0 spiro atoms. The summed E-state index contributed by atoms with van der Waals surface area (Å²) in [6.07, 6.45) is 7.42. The van der Waals surface area contributed by atoms with Crippen molar-refractivity contribution in [2.24, 2.45) is 11.8 Å². The van der Waals surface area contributed by atoms with E-state index in [2.05, 4.69) is 28.8 Å². The summed E-state index contributed by atoms with van der Waals surface area (Å²) in [5.41, 5.74) is 1.51. The third-order valence-electron chi connectivity index (χ3n) is 6.90. The summed E-state index contributed by atoms with van der Waals surface area (Å²) in [6, 6.07) is 10.1. The lowest BCUT2D eigenvalue weighted by atomic mass is 9.89. The Morgan fingerprint density at radius 2 is 1.91 bits per heavy atom. The van der Waals surface area contributed by atoms with Crippen molar-refractivity contribution in [3.63, 3.8) is 0 Å². The summed E-state index contributed by atoms with van der Waals surface area (Å²) in [7, 11) is 0. The molecule has 1 saturated heterocycles. The molecule has 3 aromatic rings. The first-order valence-electron chi connectivity index (χ1n) is 11.9. The van der Waals surface area contributed by atoms with Gasteiger partial charge in [0.05, 0.1) is 17.2 Å². The van der Waals surface area contributed by atoms with Crippen molar-refractivity contribution < 1.29 is 13.9 Å². The van der Waals surface area contributed by atoms with E-state index in [0.717, 1.165) is 24.8 Å². The summed E-state index contributed by atoms with van der Waals surface area (Å²) in [5.74, 6) is 0.869. The van der Waals surface area contributed by atoms with Gasteiger partial charge in [-0.25, -0.2) is 19.3 Å². The number of aryl methyl sites for hydroxylation is 1. The van der Waals surface area contributed by atoms with Crippen LogP contribution in [0.2, 0.25) is 0 Å². The van der Waals surface area contributed by atoms with Gasteiger partial charge in [0.2, 0.25) is 5.88 Å². The van der Waals surface area contributed by atoms with Crippen LogP contribution >= 0.6 is 0 Å². The normalized spacial score (nSPS) is 23.5. The second-order valence-corrected chi connectivity index (χ2v) is 9.77. The summed E-state index contributed by atoms with van der Waals surface area (Å²) in [5, 5.41) is 0. The predicted octanol–water partition coefficient (Wildman–Crippen LogP) is 5.08. The smallest absolute Gasteiger partial charge is 0.255 e. The first kappa shape index (κ1) is 22.4. The third-order valence-corrected chi connectivity index (χ3v) is 6.90. The highest BCUT2D eigenvalue weighted by molar-refractivity contribution is 6.01. The van der Waals surface area contributed by atoms with E-state index in [1.165, 1.54) is 6.07 Å². The van der Waals surface area contributed by atoms with E-state index in [1.807, 2.05) is 24.0 Å². The van der Waals surface area contributed by atoms with Gasteiger partial charge in [0.1, 0.15) is 11.9 Å². The van der Waals surface area contributed by atoms with Gasteiger partial charge in [0.25, 0.3) is 5.91 Å². The van der Waals surface area contributed by atoms with Crippen molar-refractivity contribution in [2.45, 2.75) is 58.2 Å². The molecule has 2 aromatic heterocycles. The number of fused-ring (bicyclic) bond motifs is 2. The molecule has 7 heteroatoms. The molecular formula is C27H29FN4O2. The second-order valence-electron chi connectivity index (χ2n) is 9.77. The molecule has 176 valence electrons. The molecule has 0 radical (unpaired) electrons. The molecule has 3 heterocycles. The summed E-state index contributed by atoms with van der Waals surface area (Å²) >= 11 is 0. The van der Waals surface area contributed by atoms with E-state index in [-0.39, 0.29) is 35.5 Å². The highest BCUT2D eigenvalue weighted by atomic mass is 19.1. The number of carbonyl (C=O) groups is 1. The molecule has 1 saturated carbocycles. The zero-order chi connectivity index (χ0) is 23.8. The lowest BCUT2D eigenvalue weighted by molar-refractivity contribution is 0.0239. The van der Waals surface area contributed by atoms with Crippen molar-refractivity contribution in [3.8, 4) is 17.3 Å². The fraction of sp³-hybridized carbons (Fsp3) is 0.407. The van der Waals surface area contributed by atoms with Gasteiger partial charge in [-0.15, -0.1) is 0 Å². The highest BCUT2D eigenvalue weighted by Gasteiger charge is 2.54. The van der Waals surface area contributed by atoms with Crippen LogP contribution in [-0.4, -0.2) is 43.9 Å². The van der Waals surface area contributed by atoms with Crippen LogP contribution in [0.1, 0.15) is 49.0 Å². The van der Waals surface area contributed by atoms with E-state index in [9.17, 15) is 9.18 Å². The van der Waals surface area contributed by atoms with Crippen LogP contribution in [0.25, 0.3) is 11.4 Å². The van der Waals surface area contributed by atoms with E-state index in [4.69, 9.17) is 4.74 Å². The first-order valence-corrected chi connectivity index (χ1v) is 11.9. The number of hydrogen-bond donors (Lipinski definition) is 0. The maximum absolute atomic E-state index is 15.0. The number of nitrogens with zero attached hydrogens (tertiary/aromatic N) is 4. The number of piperidine rings is 1. The molecule has 1 amide bonds. The molecule has 34 heavy (non-hydrogen) atoms. The number of rotatable bonds is 6. The molecule has 6 nitrogen and oxygen atoms in total. The molecule has 2 aliphatic rings. The molecule has 1 aliphatic heterocycles. The number of ether oxygens (including phenoxy) is 1. The molecule has 4 atom stereocenters. The Balaban J connectivity index is 1.49. The topological polar surface area (TPSA) is 68.2 Å². The van der Waals surface area contributed by atoms with Gasteiger partial charge >= 0.3 is 0 Å². The molecule has 1 aliphatic carbocycles. The van der Waals surface area contributed by atoms with Crippen LogP contribution in [0.15, 0.2) is 55.0 Å². The number of aromatic nitrogens is 3. The van der Waals surface area contributed by atoms with Gasteiger partial charge < -0.3 is 9.64 Å². The summed E-state index contributed by atoms with van der Waals surface area (Å²) in [6.45, 7) is 6.33. The van der Waals surface area contributed by atoms with Gasteiger partial charge in [0.15, 0.2) is 5.82 Å². The molecule has 1 aromatic carbocycles. The minimum absolute atomic E-state index is 0.0860. The van der Waals surface area contributed by atoms with Gasteiger partial charge in [-0.3, -0.25) is 4.79 Å². The monoisotopic (exact) mass is 460 g/mol. The number of pyridine rings is 1. The van der Waals surface area contributed by atoms with Crippen LogP contribution < -0.4 is 4.74 Å². The molecule has 2 fully saturated rings. The van der Waals surface area contributed by atoms with Crippen LogP contribution in [0.3, 0.4) is 0 Å².